The number of rotatable bonds is 39. The van der Waals surface area contributed by atoms with Gasteiger partial charge in [-0.3, -0.25) is 0 Å². The predicted octanol–water partition coefficient (Wildman–Crippen LogP) is 7.14. The Labute approximate surface area is 414 Å². The third-order valence-electron chi connectivity index (χ3n) is 10.8. The average Bonchev–Trinajstić information content (AvgIpc) is 3.34. The summed E-state index contributed by atoms with van der Waals surface area (Å²) in [6.07, 6.45) is 7.60. The molecule has 1 aromatic heterocycles. The maximum Gasteiger partial charge on any atom is 0.336 e. The zero-order valence-electron chi connectivity index (χ0n) is 41.8. The highest BCUT2D eigenvalue weighted by atomic mass is 31.1. The molecule has 4 aromatic rings. The number of hydrogen-bond acceptors (Lipinski definition) is 12. The van der Waals surface area contributed by atoms with Crippen molar-refractivity contribution in [1.82, 2.24) is 13.7 Å². The Balaban J connectivity index is 1.36. The Hall–Kier alpha value is -3.00. The van der Waals surface area contributed by atoms with Crippen LogP contribution in [0.15, 0.2) is 87.2 Å². The number of ether oxygens (including phenoxy) is 6. The van der Waals surface area contributed by atoms with E-state index in [2.05, 4.69) is 39.0 Å². The van der Waals surface area contributed by atoms with Crippen LogP contribution in [0.1, 0.15) is 96.8 Å². The third kappa shape index (κ3) is 23.4. The number of hydrogen-bond donors (Lipinski definition) is 0. The molecule has 384 valence electrons. The lowest BCUT2D eigenvalue weighted by Crippen LogP contribution is -2.55. The van der Waals surface area contributed by atoms with Gasteiger partial charge in [0.1, 0.15) is 0 Å². The van der Waals surface area contributed by atoms with Crippen molar-refractivity contribution in [1.29, 1.82) is 0 Å². The van der Waals surface area contributed by atoms with Crippen LogP contribution in [-0.2, 0) is 80.9 Å². The number of aromatic nitrogens is 3. The maximum absolute atomic E-state index is 13.9. The van der Waals surface area contributed by atoms with Gasteiger partial charge in [-0.15, -0.1) is 0 Å². The molecule has 0 N–H and O–H groups in total. The smallest absolute Gasteiger partial charge is 0.336 e. The molecule has 18 heteroatoms. The van der Waals surface area contributed by atoms with E-state index in [0.29, 0.717) is 39.6 Å². The number of nitrogens with zero attached hydrogens (tertiary/aromatic N) is 3. The Kier molecular flexibility index (Phi) is 29.9. The van der Waals surface area contributed by atoms with Gasteiger partial charge in [0.05, 0.1) is 59.3 Å². The first-order valence-corrected chi connectivity index (χ1v) is 27.4. The van der Waals surface area contributed by atoms with Crippen LogP contribution in [0.3, 0.4) is 0 Å². The van der Waals surface area contributed by atoms with E-state index in [4.69, 9.17) is 42.0 Å². The van der Waals surface area contributed by atoms with Crippen molar-refractivity contribution >= 4 is 42.3 Å². The quantitative estimate of drug-likeness (QED) is 0.0254. The predicted molar refractivity (Wildman–Crippen MR) is 280 cm³/mol. The van der Waals surface area contributed by atoms with E-state index in [1.165, 1.54) is 0 Å². The minimum absolute atomic E-state index is 0.0170. The molecule has 0 saturated heterocycles. The van der Waals surface area contributed by atoms with Gasteiger partial charge in [-0.1, -0.05) is 94.6 Å². The summed E-state index contributed by atoms with van der Waals surface area (Å²) in [5.41, 5.74) is 1.18. The molecule has 6 atom stereocenters. The molecule has 0 radical (unpaired) electrons. The zero-order valence-corrected chi connectivity index (χ0v) is 44.8. The maximum atomic E-state index is 13.9. The van der Waals surface area contributed by atoms with E-state index in [0.717, 1.165) is 104 Å². The molecule has 69 heavy (non-hydrogen) atoms. The van der Waals surface area contributed by atoms with Gasteiger partial charge in [-0.05, 0) is 110 Å². The van der Waals surface area contributed by atoms with E-state index in [1.807, 2.05) is 75.4 Å². The average molecular weight is 1020 g/mol. The van der Waals surface area contributed by atoms with Crippen molar-refractivity contribution in [2.24, 2.45) is 0 Å². The van der Waals surface area contributed by atoms with Crippen LogP contribution >= 0.6 is 26.4 Å². The van der Waals surface area contributed by atoms with E-state index in [9.17, 15) is 14.4 Å². The molecule has 0 spiro atoms. The van der Waals surface area contributed by atoms with E-state index < -0.39 is 17.1 Å². The largest absolute Gasteiger partial charge is 0.356 e. The molecular formula is C51H78N3O12P3. The molecule has 15 nitrogen and oxygen atoms in total. The third-order valence-corrected chi connectivity index (χ3v) is 13.5. The van der Waals surface area contributed by atoms with Crippen molar-refractivity contribution in [2.45, 2.75) is 138 Å². The van der Waals surface area contributed by atoms with Gasteiger partial charge in [-0.2, -0.15) is 0 Å². The van der Waals surface area contributed by atoms with Crippen molar-refractivity contribution in [2.75, 3.05) is 59.5 Å². The van der Waals surface area contributed by atoms with E-state index >= 15 is 0 Å². The van der Waals surface area contributed by atoms with Crippen LogP contribution in [0.4, 0.5) is 0 Å². The van der Waals surface area contributed by atoms with Crippen molar-refractivity contribution in [3.05, 3.63) is 121 Å². The summed E-state index contributed by atoms with van der Waals surface area (Å²) in [5, 5.41) is 2.94. The molecule has 0 bridgehead atoms. The summed E-state index contributed by atoms with van der Waals surface area (Å²) in [6.45, 7) is 15.9. The van der Waals surface area contributed by atoms with Crippen LogP contribution in [0.25, 0.3) is 0 Å². The van der Waals surface area contributed by atoms with Crippen molar-refractivity contribution < 1.29 is 42.0 Å². The van der Waals surface area contributed by atoms with Crippen LogP contribution in [0, 0.1) is 0 Å². The monoisotopic (exact) mass is 1020 g/mol. The lowest BCUT2D eigenvalue weighted by Gasteiger charge is -2.15. The van der Waals surface area contributed by atoms with Gasteiger partial charge in [0.15, 0.2) is 18.9 Å². The molecule has 0 amide bonds. The molecule has 0 aliphatic rings. The summed E-state index contributed by atoms with van der Waals surface area (Å²) in [4.78, 5) is 41.6. The lowest BCUT2D eigenvalue weighted by molar-refractivity contribution is -0.130. The van der Waals surface area contributed by atoms with Crippen LogP contribution in [-0.4, -0.2) is 92.0 Å². The Morgan fingerprint density at radius 1 is 0.406 bits per heavy atom. The normalized spacial score (nSPS) is 13.5. The summed E-state index contributed by atoms with van der Waals surface area (Å²) >= 11 is 0. The lowest BCUT2D eigenvalue weighted by atomic mass is 10.2. The fraction of sp³-hybridized carbons (Fsp3) is 0.588. The fourth-order valence-corrected chi connectivity index (χ4v) is 9.10. The molecule has 0 aliphatic carbocycles. The molecular weight excluding hydrogens is 939 g/mol. The first-order valence-electron chi connectivity index (χ1n) is 24.7. The van der Waals surface area contributed by atoms with Gasteiger partial charge < -0.3 is 42.0 Å². The second-order valence-electron chi connectivity index (χ2n) is 16.5. The molecule has 4 rings (SSSR count). The van der Waals surface area contributed by atoms with Gasteiger partial charge in [0.25, 0.3) is 0 Å². The highest BCUT2D eigenvalue weighted by Crippen LogP contribution is 2.16. The number of benzene rings is 3. The van der Waals surface area contributed by atoms with Crippen molar-refractivity contribution in [3.63, 3.8) is 0 Å². The highest BCUT2D eigenvalue weighted by molar-refractivity contribution is 7.42. The second kappa shape index (κ2) is 35.2. The number of unbranched alkanes of at least 4 members (excludes halogenated alkanes) is 3. The topological polar surface area (TPSA) is 149 Å². The molecule has 0 fully saturated rings. The summed E-state index contributed by atoms with van der Waals surface area (Å²) in [5.74, 6) is 0. The van der Waals surface area contributed by atoms with Gasteiger partial charge in [0.2, 0.25) is 0 Å². The fourth-order valence-electron chi connectivity index (χ4n) is 6.79. The van der Waals surface area contributed by atoms with Gasteiger partial charge in [-0.25, -0.2) is 28.1 Å². The Morgan fingerprint density at radius 2 is 0.681 bits per heavy atom. The summed E-state index contributed by atoms with van der Waals surface area (Å²) < 4.78 is 55.8. The van der Waals surface area contributed by atoms with Crippen LogP contribution in [0.2, 0.25) is 0 Å². The van der Waals surface area contributed by atoms with Crippen LogP contribution in [0.5, 0.6) is 0 Å². The van der Waals surface area contributed by atoms with Crippen LogP contribution < -0.4 is 33.0 Å². The second-order valence-corrected chi connectivity index (χ2v) is 19.7. The molecule has 1 heterocycles. The molecule has 3 aromatic carbocycles. The minimum Gasteiger partial charge on any atom is -0.356 e. The Bertz CT molecular complexity index is 1930. The first kappa shape index (κ1) is 58.6. The van der Waals surface area contributed by atoms with Gasteiger partial charge in [0, 0.05) is 46.2 Å². The molecule has 0 saturated carbocycles. The van der Waals surface area contributed by atoms with Gasteiger partial charge >= 0.3 is 17.1 Å². The van der Waals surface area contributed by atoms with Crippen molar-refractivity contribution in [3.8, 4) is 0 Å². The SMILES string of the molecule is CCCCOC(C)OCCc1cccc(POCCn2c(=O)n(CCOPc3cccc(CCOC(C)OCCCC)c3)c(=O)n(CCOPc3cccc(CCOC(C)OCCCC)c3)c2=O)c1. The molecule has 0 aliphatic heterocycles. The summed E-state index contributed by atoms with van der Waals surface area (Å²) in [7, 11) is -0.0509. The molecule has 6 unspecified atom stereocenters. The highest BCUT2D eigenvalue weighted by Gasteiger charge is 2.16. The first-order chi connectivity index (χ1) is 33.6. The van der Waals surface area contributed by atoms with E-state index in [1.54, 1.807) is 0 Å². The zero-order chi connectivity index (χ0) is 49.5. The Morgan fingerprint density at radius 3 is 0.957 bits per heavy atom. The minimum atomic E-state index is -0.713. The van der Waals surface area contributed by atoms with E-state index in [-0.39, 0.29) is 84.7 Å². The standard InChI is InChI=1S/C51H78N3O12P3/c1-7-10-28-58-40(4)61-31-22-43-16-13-19-46(37-43)67-64-34-25-52-49(55)53(26-35-65-68-47-20-14-17-44(38-47)23-32-62-41(5)59-29-11-8-2)51(57)54(50(52)56)27-36-66-69-48-21-15-18-45(39-48)24-33-63-42(6)60-30-12-9-3/h13-21,37-42,67-69H,7-12,22-36H2,1-6H3. The summed E-state index contributed by atoms with van der Waals surface area (Å²) in [6, 6.07) is 24.2.